The van der Waals surface area contributed by atoms with E-state index < -0.39 is 42.2 Å². The Kier molecular flexibility index (Phi) is 10.4. The summed E-state index contributed by atoms with van der Waals surface area (Å²) in [5, 5.41) is 15.2. The molecule has 0 aromatic heterocycles. The van der Waals surface area contributed by atoms with Crippen LogP contribution in [0.3, 0.4) is 0 Å². The van der Waals surface area contributed by atoms with Gasteiger partial charge in [-0.05, 0) is 62.2 Å². The van der Waals surface area contributed by atoms with E-state index in [1.54, 1.807) is 69.3 Å². The second-order valence-electron chi connectivity index (χ2n) is 9.16. The SMILES string of the molecule is C=CCN(C(=O)C(CO)NC(=O)OC(C)(C)C)C(C(=O)Nc1ccc(OC)cc1)c1cccc(C=C)c1. The van der Waals surface area contributed by atoms with Gasteiger partial charge >= 0.3 is 6.09 Å². The van der Waals surface area contributed by atoms with Crippen molar-refractivity contribution in [2.45, 2.75) is 38.5 Å². The van der Waals surface area contributed by atoms with E-state index in [2.05, 4.69) is 23.8 Å². The van der Waals surface area contributed by atoms with Crippen molar-refractivity contribution < 1.29 is 29.0 Å². The average Bonchev–Trinajstić information content (AvgIpc) is 2.86. The third-order valence-corrected chi connectivity index (χ3v) is 5.16. The molecule has 0 saturated heterocycles. The van der Waals surface area contributed by atoms with Crippen LogP contribution < -0.4 is 15.4 Å². The standard InChI is InChI=1S/C28H35N3O6/c1-7-16-31(26(34)23(18-32)30-27(35)37-28(3,4)5)24(20-11-9-10-19(8-2)17-20)25(33)29-21-12-14-22(36-6)15-13-21/h7-15,17,23-24,32H,1-2,16,18H2,3-6H3,(H,29,33)(H,30,35). The van der Waals surface area contributed by atoms with Gasteiger partial charge < -0.3 is 30.1 Å². The Balaban J connectivity index is 2.46. The maximum atomic E-state index is 13.6. The monoisotopic (exact) mass is 509 g/mol. The Hall–Kier alpha value is -4.11. The van der Waals surface area contributed by atoms with Gasteiger partial charge in [-0.1, -0.05) is 36.9 Å². The zero-order chi connectivity index (χ0) is 27.6. The van der Waals surface area contributed by atoms with Crippen molar-refractivity contribution in [1.82, 2.24) is 10.2 Å². The average molecular weight is 510 g/mol. The van der Waals surface area contributed by atoms with E-state index in [-0.39, 0.29) is 6.54 Å². The highest BCUT2D eigenvalue weighted by Gasteiger charge is 2.35. The third-order valence-electron chi connectivity index (χ3n) is 5.16. The van der Waals surface area contributed by atoms with Crippen molar-refractivity contribution in [3.05, 3.63) is 78.9 Å². The Morgan fingerprint density at radius 1 is 1.11 bits per heavy atom. The number of amides is 3. The van der Waals surface area contributed by atoms with Crippen LogP contribution in [0.4, 0.5) is 10.5 Å². The summed E-state index contributed by atoms with van der Waals surface area (Å²) in [6.07, 6.45) is 2.22. The third kappa shape index (κ3) is 8.50. The molecule has 2 aromatic rings. The normalized spacial score (nSPS) is 12.5. The fraction of sp³-hybridized carbons (Fsp3) is 0.321. The van der Waals surface area contributed by atoms with Gasteiger partial charge in [0.15, 0.2) is 0 Å². The summed E-state index contributed by atoms with van der Waals surface area (Å²) in [7, 11) is 1.54. The summed E-state index contributed by atoms with van der Waals surface area (Å²) in [4.78, 5) is 40.8. The van der Waals surface area contributed by atoms with Gasteiger partial charge in [0.25, 0.3) is 5.91 Å². The van der Waals surface area contributed by atoms with E-state index in [1.807, 2.05) is 6.07 Å². The van der Waals surface area contributed by atoms with Gasteiger partial charge in [0.1, 0.15) is 23.4 Å². The molecule has 2 unspecified atom stereocenters. The molecule has 37 heavy (non-hydrogen) atoms. The molecule has 0 aliphatic carbocycles. The Bertz CT molecular complexity index is 1110. The van der Waals surface area contributed by atoms with Crippen LogP contribution in [0.5, 0.6) is 5.75 Å². The summed E-state index contributed by atoms with van der Waals surface area (Å²) in [6, 6.07) is 11.3. The molecular weight excluding hydrogens is 474 g/mol. The molecule has 3 amide bonds. The van der Waals surface area contributed by atoms with Crippen molar-refractivity contribution in [2.24, 2.45) is 0 Å². The minimum absolute atomic E-state index is 0.0374. The first-order chi connectivity index (χ1) is 17.5. The van der Waals surface area contributed by atoms with E-state index >= 15 is 0 Å². The predicted octanol–water partition coefficient (Wildman–Crippen LogP) is 3.92. The molecular formula is C28H35N3O6. The largest absolute Gasteiger partial charge is 0.497 e. The highest BCUT2D eigenvalue weighted by Crippen LogP contribution is 2.26. The number of alkyl carbamates (subject to hydrolysis) is 1. The number of carbonyl (C=O) groups excluding carboxylic acids is 3. The number of hydrogen-bond acceptors (Lipinski definition) is 6. The van der Waals surface area contributed by atoms with Gasteiger partial charge in [-0.3, -0.25) is 9.59 Å². The van der Waals surface area contributed by atoms with Gasteiger partial charge in [0.2, 0.25) is 5.91 Å². The number of rotatable bonds is 11. The maximum Gasteiger partial charge on any atom is 0.408 e. The molecule has 2 rings (SSSR count). The van der Waals surface area contributed by atoms with Gasteiger partial charge in [-0.25, -0.2) is 4.79 Å². The molecule has 0 radical (unpaired) electrons. The molecule has 0 heterocycles. The molecule has 0 saturated carbocycles. The van der Waals surface area contributed by atoms with Crippen molar-refractivity contribution in [3.8, 4) is 5.75 Å². The highest BCUT2D eigenvalue weighted by atomic mass is 16.6. The second-order valence-corrected chi connectivity index (χ2v) is 9.16. The fourth-order valence-electron chi connectivity index (χ4n) is 3.51. The van der Waals surface area contributed by atoms with E-state index in [0.717, 1.165) is 5.56 Å². The van der Waals surface area contributed by atoms with Gasteiger partial charge in [-0.2, -0.15) is 0 Å². The topological polar surface area (TPSA) is 117 Å². The zero-order valence-electron chi connectivity index (χ0n) is 21.7. The molecule has 198 valence electrons. The lowest BCUT2D eigenvalue weighted by Crippen LogP contribution is -2.53. The highest BCUT2D eigenvalue weighted by molar-refractivity contribution is 5.99. The lowest BCUT2D eigenvalue weighted by Gasteiger charge is -2.33. The summed E-state index contributed by atoms with van der Waals surface area (Å²) in [6.45, 7) is 11.8. The molecule has 0 bridgehead atoms. The quantitative estimate of drug-likeness (QED) is 0.395. The van der Waals surface area contributed by atoms with Crippen LogP contribution in [0.15, 0.2) is 67.8 Å². The number of anilines is 1. The molecule has 2 atom stereocenters. The van der Waals surface area contributed by atoms with Crippen molar-refractivity contribution >= 4 is 29.7 Å². The van der Waals surface area contributed by atoms with Crippen molar-refractivity contribution in [3.63, 3.8) is 0 Å². The van der Waals surface area contributed by atoms with Crippen LogP contribution in [0.2, 0.25) is 0 Å². The Morgan fingerprint density at radius 3 is 2.32 bits per heavy atom. The number of hydrogen-bond donors (Lipinski definition) is 3. The second kappa shape index (κ2) is 13.3. The molecule has 3 N–H and O–H groups in total. The number of aliphatic hydroxyl groups is 1. The number of nitrogens with one attached hydrogen (secondary N) is 2. The van der Waals surface area contributed by atoms with Gasteiger partial charge in [-0.15, -0.1) is 6.58 Å². The minimum Gasteiger partial charge on any atom is -0.497 e. The number of aliphatic hydroxyl groups excluding tert-OH is 1. The van der Waals surface area contributed by atoms with Crippen LogP contribution in [0.25, 0.3) is 6.08 Å². The number of methoxy groups -OCH3 is 1. The lowest BCUT2D eigenvalue weighted by molar-refractivity contribution is -0.140. The lowest BCUT2D eigenvalue weighted by atomic mass is 10.00. The number of carbonyl (C=O) groups is 3. The summed E-state index contributed by atoms with van der Waals surface area (Å²) < 4.78 is 10.4. The van der Waals surface area contributed by atoms with Crippen molar-refractivity contribution in [2.75, 3.05) is 25.6 Å². The van der Waals surface area contributed by atoms with Crippen LogP contribution in [0, 0.1) is 0 Å². The van der Waals surface area contributed by atoms with Crippen LogP contribution in [0.1, 0.15) is 37.9 Å². The first kappa shape index (κ1) is 29.1. The van der Waals surface area contributed by atoms with E-state index in [4.69, 9.17) is 9.47 Å². The molecule has 0 spiro atoms. The first-order valence-corrected chi connectivity index (χ1v) is 11.7. The molecule has 0 aliphatic heterocycles. The van der Waals surface area contributed by atoms with Gasteiger partial charge in [0, 0.05) is 12.2 Å². The van der Waals surface area contributed by atoms with Crippen molar-refractivity contribution in [1.29, 1.82) is 0 Å². The summed E-state index contributed by atoms with van der Waals surface area (Å²) in [5.41, 5.74) is 0.941. The Labute approximate surface area is 217 Å². The molecule has 0 fully saturated rings. The summed E-state index contributed by atoms with van der Waals surface area (Å²) >= 11 is 0. The number of ether oxygens (including phenoxy) is 2. The molecule has 2 aromatic carbocycles. The maximum absolute atomic E-state index is 13.6. The predicted molar refractivity (Wildman–Crippen MR) is 143 cm³/mol. The molecule has 0 aliphatic rings. The number of nitrogens with zero attached hydrogens (tertiary/aromatic N) is 1. The fourth-order valence-corrected chi connectivity index (χ4v) is 3.51. The molecule has 9 heteroatoms. The van der Waals surface area contributed by atoms with Gasteiger partial charge in [0.05, 0.1) is 13.7 Å². The first-order valence-electron chi connectivity index (χ1n) is 11.7. The van der Waals surface area contributed by atoms with E-state index in [1.165, 1.54) is 18.1 Å². The smallest absolute Gasteiger partial charge is 0.408 e. The Morgan fingerprint density at radius 2 is 1.78 bits per heavy atom. The van der Waals surface area contributed by atoms with E-state index in [0.29, 0.717) is 17.0 Å². The van der Waals surface area contributed by atoms with Crippen LogP contribution in [-0.4, -0.2) is 59.8 Å². The number of benzene rings is 2. The summed E-state index contributed by atoms with van der Waals surface area (Å²) in [5.74, 6) is -0.571. The molecule has 9 nitrogen and oxygen atoms in total. The van der Waals surface area contributed by atoms with Crippen LogP contribution in [-0.2, 0) is 14.3 Å². The van der Waals surface area contributed by atoms with E-state index in [9.17, 15) is 19.5 Å². The minimum atomic E-state index is -1.35. The zero-order valence-corrected chi connectivity index (χ0v) is 21.7. The van der Waals surface area contributed by atoms with Crippen LogP contribution >= 0.6 is 0 Å².